The number of nitrogens with two attached hydrogens (primary N) is 1. The summed E-state index contributed by atoms with van der Waals surface area (Å²) in [6.07, 6.45) is 0. The van der Waals surface area contributed by atoms with E-state index in [-0.39, 0.29) is 12.1 Å². The fraction of sp³-hybridized carbons (Fsp3) is 1.00. The average molecular weight is 188 g/mol. The maximum absolute atomic E-state index is 8.96. The van der Waals surface area contributed by atoms with E-state index in [1.165, 1.54) is 0 Å². The Morgan fingerprint density at radius 2 is 2.00 bits per heavy atom. The molecule has 0 aliphatic carbocycles. The first-order valence-corrected chi connectivity index (χ1v) is 5.04. The summed E-state index contributed by atoms with van der Waals surface area (Å²) in [5.41, 5.74) is 5.74. The molecule has 1 atom stereocenters. The first-order valence-electron chi connectivity index (χ1n) is 5.04. The van der Waals surface area contributed by atoms with E-state index >= 15 is 0 Å². The Hall–Kier alpha value is -0.120. The van der Waals surface area contributed by atoms with Gasteiger partial charge in [0.05, 0.1) is 0 Å². The van der Waals surface area contributed by atoms with E-state index in [9.17, 15) is 0 Å². The van der Waals surface area contributed by atoms with Crippen molar-refractivity contribution >= 4 is 0 Å². The smallest absolute Gasteiger partial charge is 0.0468 e. The summed E-state index contributed by atoms with van der Waals surface area (Å²) >= 11 is 0. The molecule has 80 valence electrons. The van der Waals surface area contributed by atoms with E-state index in [1.54, 1.807) is 0 Å². The Morgan fingerprint density at radius 3 is 2.31 bits per heavy atom. The topological polar surface area (TPSA) is 49.5 Å². The zero-order valence-electron chi connectivity index (χ0n) is 9.38. The summed E-state index contributed by atoms with van der Waals surface area (Å²) in [4.78, 5) is 2.31. The minimum atomic E-state index is 0.0399. The zero-order chi connectivity index (χ0) is 10.5. The normalized spacial score (nSPS) is 15.0. The number of hydrogen-bond donors (Lipinski definition) is 2. The van der Waals surface area contributed by atoms with Gasteiger partial charge in [-0.15, -0.1) is 0 Å². The molecule has 3 N–H and O–H groups in total. The molecule has 0 aromatic rings. The summed E-state index contributed by atoms with van der Waals surface area (Å²) in [6.45, 7) is 11.2. The third-order valence-electron chi connectivity index (χ3n) is 2.58. The summed E-state index contributed by atoms with van der Waals surface area (Å²) < 4.78 is 0. The van der Waals surface area contributed by atoms with Gasteiger partial charge >= 0.3 is 0 Å². The molecule has 0 aromatic heterocycles. The second kappa shape index (κ2) is 5.58. The number of hydrogen-bond acceptors (Lipinski definition) is 3. The van der Waals surface area contributed by atoms with Crippen LogP contribution in [0.1, 0.15) is 27.7 Å². The van der Waals surface area contributed by atoms with E-state index < -0.39 is 0 Å². The maximum Gasteiger partial charge on any atom is 0.0468 e. The van der Waals surface area contributed by atoms with Gasteiger partial charge in [0, 0.05) is 25.2 Å². The SMILES string of the molecule is CCN(CC(C)CO)C(C)(C)CN. The maximum atomic E-state index is 8.96. The minimum absolute atomic E-state index is 0.0399. The van der Waals surface area contributed by atoms with E-state index in [0.717, 1.165) is 13.1 Å². The van der Waals surface area contributed by atoms with Crippen molar-refractivity contribution in [3.05, 3.63) is 0 Å². The van der Waals surface area contributed by atoms with Crippen LogP contribution in [0.2, 0.25) is 0 Å². The third-order valence-corrected chi connectivity index (χ3v) is 2.58. The number of aliphatic hydroxyl groups excluding tert-OH is 1. The Labute approximate surface area is 81.9 Å². The van der Waals surface area contributed by atoms with Gasteiger partial charge in [0.1, 0.15) is 0 Å². The molecule has 0 saturated carbocycles. The van der Waals surface area contributed by atoms with Crippen LogP contribution in [0.15, 0.2) is 0 Å². The molecule has 0 radical (unpaired) electrons. The standard InChI is InChI=1S/C10H24N2O/c1-5-12(6-9(2)7-13)10(3,4)8-11/h9,13H,5-8,11H2,1-4H3. The van der Waals surface area contributed by atoms with Crippen LogP contribution in [-0.2, 0) is 0 Å². The van der Waals surface area contributed by atoms with Crippen LogP contribution < -0.4 is 5.73 Å². The molecule has 0 saturated heterocycles. The molecular weight excluding hydrogens is 164 g/mol. The number of nitrogens with zero attached hydrogens (tertiary/aromatic N) is 1. The lowest BCUT2D eigenvalue weighted by Gasteiger charge is -2.38. The number of rotatable bonds is 6. The predicted molar refractivity (Wildman–Crippen MR) is 56.6 cm³/mol. The van der Waals surface area contributed by atoms with Gasteiger partial charge in [-0.25, -0.2) is 0 Å². The van der Waals surface area contributed by atoms with Crippen molar-refractivity contribution in [2.24, 2.45) is 11.7 Å². The highest BCUT2D eigenvalue weighted by molar-refractivity contribution is 4.82. The van der Waals surface area contributed by atoms with E-state index in [0.29, 0.717) is 12.5 Å². The summed E-state index contributed by atoms with van der Waals surface area (Å²) in [6, 6.07) is 0. The van der Waals surface area contributed by atoms with E-state index in [1.807, 2.05) is 0 Å². The van der Waals surface area contributed by atoms with Crippen molar-refractivity contribution in [3.63, 3.8) is 0 Å². The van der Waals surface area contributed by atoms with Crippen LogP contribution in [0.25, 0.3) is 0 Å². The molecule has 0 bridgehead atoms. The Bertz CT molecular complexity index is 137. The zero-order valence-corrected chi connectivity index (χ0v) is 9.38. The van der Waals surface area contributed by atoms with Crippen LogP contribution in [0.4, 0.5) is 0 Å². The van der Waals surface area contributed by atoms with Crippen LogP contribution in [-0.4, -0.2) is 41.8 Å². The Balaban J connectivity index is 4.17. The quantitative estimate of drug-likeness (QED) is 0.644. The van der Waals surface area contributed by atoms with Crippen LogP contribution in [0.3, 0.4) is 0 Å². The second-order valence-corrected chi connectivity index (χ2v) is 4.34. The molecule has 0 aliphatic heterocycles. The molecule has 0 spiro atoms. The molecular formula is C10H24N2O. The van der Waals surface area contributed by atoms with Gasteiger partial charge in [0.15, 0.2) is 0 Å². The highest BCUT2D eigenvalue weighted by Gasteiger charge is 2.24. The molecule has 13 heavy (non-hydrogen) atoms. The van der Waals surface area contributed by atoms with Gasteiger partial charge in [-0.3, -0.25) is 4.90 Å². The van der Waals surface area contributed by atoms with Crippen molar-refractivity contribution in [2.45, 2.75) is 33.2 Å². The van der Waals surface area contributed by atoms with Gasteiger partial charge in [-0.2, -0.15) is 0 Å². The Kier molecular flexibility index (Phi) is 5.53. The summed E-state index contributed by atoms with van der Waals surface area (Å²) in [5, 5.41) is 8.96. The first kappa shape index (κ1) is 12.9. The third kappa shape index (κ3) is 4.07. The van der Waals surface area contributed by atoms with Crippen LogP contribution in [0, 0.1) is 5.92 Å². The van der Waals surface area contributed by atoms with Gasteiger partial charge in [-0.1, -0.05) is 13.8 Å². The van der Waals surface area contributed by atoms with Crippen molar-refractivity contribution in [1.82, 2.24) is 4.90 Å². The van der Waals surface area contributed by atoms with Gasteiger partial charge in [0.2, 0.25) is 0 Å². The monoisotopic (exact) mass is 188 g/mol. The van der Waals surface area contributed by atoms with Gasteiger partial charge in [0.25, 0.3) is 0 Å². The minimum Gasteiger partial charge on any atom is -0.396 e. The second-order valence-electron chi connectivity index (χ2n) is 4.34. The first-order chi connectivity index (χ1) is 5.97. The van der Waals surface area contributed by atoms with Crippen LogP contribution in [0.5, 0.6) is 0 Å². The number of likely N-dealkylation sites (N-methyl/N-ethyl adjacent to an activating group) is 1. The lowest BCUT2D eigenvalue weighted by Crippen LogP contribution is -2.51. The van der Waals surface area contributed by atoms with Crippen LogP contribution >= 0.6 is 0 Å². The molecule has 0 aliphatic rings. The highest BCUT2D eigenvalue weighted by atomic mass is 16.3. The summed E-state index contributed by atoms with van der Waals surface area (Å²) in [7, 11) is 0. The lowest BCUT2D eigenvalue weighted by molar-refractivity contribution is 0.0954. The van der Waals surface area contributed by atoms with E-state index in [2.05, 4.69) is 32.6 Å². The van der Waals surface area contributed by atoms with E-state index in [4.69, 9.17) is 10.8 Å². The predicted octanol–water partition coefficient (Wildman–Crippen LogP) is 0.674. The summed E-state index contributed by atoms with van der Waals surface area (Å²) in [5.74, 6) is 0.325. The largest absolute Gasteiger partial charge is 0.396 e. The highest BCUT2D eigenvalue weighted by Crippen LogP contribution is 2.14. The molecule has 1 unspecified atom stereocenters. The average Bonchev–Trinajstić information content (AvgIpc) is 2.13. The van der Waals surface area contributed by atoms with Gasteiger partial charge in [-0.05, 0) is 26.3 Å². The molecule has 0 rings (SSSR count). The fourth-order valence-electron chi connectivity index (χ4n) is 1.37. The fourth-order valence-corrected chi connectivity index (χ4v) is 1.37. The molecule has 0 heterocycles. The molecule has 0 amide bonds. The number of aliphatic hydroxyl groups is 1. The molecule has 0 fully saturated rings. The van der Waals surface area contributed by atoms with Crippen molar-refractivity contribution < 1.29 is 5.11 Å². The Morgan fingerprint density at radius 1 is 1.46 bits per heavy atom. The lowest BCUT2D eigenvalue weighted by atomic mass is 10.0. The van der Waals surface area contributed by atoms with Crippen molar-refractivity contribution in [3.8, 4) is 0 Å². The van der Waals surface area contributed by atoms with Crippen molar-refractivity contribution in [1.29, 1.82) is 0 Å². The molecule has 3 nitrogen and oxygen atoms in total. The van der Waals surface area contributed by atoms with Crippen molar-refractivity contribution in [2.75, 3.05) is 26.2 Å². The molecule has 3 heteroatoms. The van der Waals surface area contributed by atoms with Gasteiger partial charge < -0.3 is 10.8 Å². The molecule has 0 aromatic carbocycles.